The lowest BCUT2D eigenvalue weighted by molar-refractivity contribution is -0.124. The summed E-state index contributed by atoms with van der Waals surface area (Å²) in [5, 5.41) is 4.94. The average Bonchev–Trinajstić information content (AvgIpc) is 2.47. The summed E-state index contributed by atoms with van der Waals surface area (Å²) in [5.41, 5.74) is 1.26. The van der Waals surface area contributed by atoms with Gasteiger partial charge in [0, 0.05) is 10.8 Å². The van der Waals surface area contributed by atoms with Crippen molar-refractivity contribution in [3.8, 4) is 0 Å². The van der Waals surface area contributed by atoms with E-state index in [4.69, 9.17) is 0 Å². The lowest BCUT2D eigenvalue weighted by Gasteiger charge is -2.06. The normalized spacial score (nSPS) is 10.5. The third kappa shape index (κ3) is 2.84. The molecule has 2 nitrogen and oxygen atoms in total. The molecule has 0 aliphatic heterocycles. The summed E-state index contributed by atoms with van der Waals surface area (Å²) >= 11 is 1.69. The van der Waals surface area contributed by atoms with Crippen molar-refractivity contribution in [2.75, 3.05) is 0 Å². The Kier molecular flexibility index (Phi) is 3.48. The van der Waals surface area contributed by atoms with E-state index in [0.717, 1.165) is 0 Å². The number of hydrogen-bond acceptors (Lipinski definition) is 2. The highest BCUT2D eigenvalue weighted by Crippen LogP contribution is 2.14. The van der Waals surface area contributed by atoms with E-state index in [1.165, 1.54) is 10.4 Å². The third-order valence-corrected chi connectivity index (χ3v) is 2.94. The fourth-order valence-corrected chi connectivity index (χ4v) is 1.80. The zero-order chi connectivity index (χ0) is 9.84. The van der Waals surface area contributed by atoms with Gasteiger partial charge in [0.1, 0.15) is 0 Å². The van der Waals surface area contributed by atoms with Gasteiger partial charge in [-0.25, -0.2) is 0 Å². The summed E-state index contributed by atoms with van der Waals surface area (Å²) in [6, 6.07) is 2.07. The fourth-order valence-electron chi connectivity index (χ4n) is 0.957. The largest absolute Gasteiger partial charge is 0.351 e. The molecule has 1 heterocycles. The summed E-state index contributed by atoms with van der Waals surface area (Å²) < 4.78 is 0. The molecule has 0 fully saturated rings. The molecule has 0 radical (unpaired) electrons. The highest BCUT2D eigenvalue weighted by molar-refractivity contribution is 7.10. The van der Waals surface area contributed by atoms with E-state index in [9.17, 15) is 4.79 Å². The van der Waals surface area contributed by atoms with E-state index in [-0.39, 0.29) is 11.8 Å². The van der Waals surface area contributed by atoms with Gasteiger partial charge in [-0.3, -0.25) is 4.79 Å². The van der Waals surface area contributed by atoms with Crippen molar-refractivity contribution < 1.29 is 4.79 Å². The zero-order valence-electron chi connectivity index (χ0n) is 8.26. The molecule has 1 rings (SSSR count). The number of thiophene rings is 1. The Morgan fingerprint density at radius 1 is 1.62 bits per heavy atom. The summed E-state index contributed by atoms with van der Waals surface area (Å²) in [6.07, 6.45) is 0. The number of hydrogen-bond donors (Lipinski definition) is 1. The molecule has 0 aliphatic carbocycles. The molecule has 1 amide bonds. The van der Waals surface area contributed by atoms with Gasteiger partial charge in [-0.1, -0.05) is 13.8 Å². The smallest absolute Gasteiger partial charge is 0.222 e. The maximum atomic E-state index is 11.2. The molecule has 0 atom stereocenters. The van der Waals surface area contributed by atoms with Gasteiger partial charge >= 0.3 is 0 Å². The van der Waals surface area contributed by atoms with Gasteiger partial charge in [0.25, 0.3) is 0 Å². The average molecular weight is 197 g/mol. The van der Waals surface area contributed by atoms with E-state index in [2.05, 4.69) is 18.3 Å². The monoisotopic (exact) mass is 197 g/mol. The molecule has 1 N–H and O–H groups in total. The predicted octanol–water partition coefficient (Wildman–Crippen LogP) is 2.33. The van der Waals surface area contributed by atoms with E-state index >= 15 is 0 Å². The van der Waals surface area contributed by atoms with E-state index in [1.54, 1.807) is 11.3 Å². The van der Waals surface area contributed by atoms with Crippen molar-refractivity contribution >= 4 is 17.2 Å². The molecule has 0 saturated carbocycles. The highest BCUT2D eigenvalue weighted by atomic mass is 32.1. The van der Waals surface area contributed by atoms with Crippen LogP contribution in [0.15, 0.2) is 11.4 Å². The van der Waals surface area contributed by atoms with Crippen LogP contribution in [0.2, 0.25) is 0 Å². The second kappa shape index (κ2) is 4.42. The Bertz CT molecular complexity index is 291. The maximum absolute atomic E-state index is 11.2. The van der Waals surface area contributed by atoms with Gasteiger partial charge < -0.3 is 5.32 Å². The van der Waals surface area contributed by atoms with Gasteiger partial charge in [0.15, 0.2) is 0 Å². The Morgan fingerprint density at radius 3 is 2.77 bits per heavy atom. The lowest BCUT2D eigenvalue weighted by atomic mass is 10.2. The first-order valence-electron chi connectivity index (χ1n) is 4.42. The Morgan fingerprint density at radius 2 is 2.31 bits per heavy atom. The molecule has 0 saturated heterocycles. The van der Waals surface area contributed by atoms with Crippen molar-refractivity contribution in [1.82, 2.24) is 5.32 Å². The first-order chi connectivity index (χ1) is 6.11. The van der Waals surface area contributed by atoms with Gasteiger partial charge in [-0.05, 0) is 23.9 Å². The molecule has 0 aliphatic rings. The Balaban J connectivity index is 2.44. The van der Waals surface area contributed by atoms with Crippen molar-refractivity contribution in [3.05, 3.63) is 21.9 Å². The molecule has 0 spiro atoms. The van der Waals surface area contributed by atoms with Crippen LogP contribution in [-0.2, 0) is 11.3 Å². The second-order valence-electron chi connectivity index (χ2n) is 3.40. The number of rotatable bonds is 3. The van der Waals surface area contributed by atoms with Crippen molar-refractivity contribution in [1.29, 1.82) is 0 Å². The van der Waals surface area contributed by atoms with Crippen LogP contribution < -0.4 is 5.32 Å². The predicted molar refractivity (Wildman–Crippen MR) is 55.7 cm³/mol. The van der Waals surface area contributed by atoms with E-state index in [1.807, 2.05) is 19.2 Å². The summed E-state index contributed by atoms with van der Waals surface area (Å²) in [6.45, 7) is 6.53. The molecular weight excluding hydrogens is 182 g/mol. The van der Waals surface area contributed by atoms with Crippen LogP contribution in [0.5, 0.6) is 0 Å². The molecule has 0 bridgehead atoms. The molecule has 0 aromatic carbocycles. The quantitative estimate of drug-likeness (QED) is 0.791. The van der Waals surface area contributed by atoms with Gasteiger partial charge in [0.2, 0.25) is 5.91 Å². The minimum atomic E-state index is 0.0697. The Labute approximate surface area is 83.0 Å². The molecule has 0 unspecified atom stereocenters. The topological polar surface area (TPSA) is 29.1 Å². The van der Waals surface area contributed by atoms with Crippen LogP contribution in [0, 0.1) is 12.8 Å². The highest BCUT2D eigenvalue weighted by Gasteiger charge is 2.06. The van der Waals surface area contributed by atoms with E-state index in [0.29, 0.717) is 6.54 Å². The SMILES string of the molecule is Cc1ccsc1CNC(=O)C(C)C. The minimum absolute atomic E-state index is 0.0697. The van der Waals surface area contributed by atoms with Crippen LogP contribution in [0.25, 0.3) is 0 Å². The molecular formula is C10H15NOS. The summed E-state index contributed by atoms with van der Waals surface area (Å²) in [5.74, 6) is 0.188. The number of amides is 1. The van der Waals surface area contributed by atoms with Crippen LogP contribution in [-0.4, -0.2) is 5.91 Å². The number of aryl methyl sites for hydroxylation is 1. The minimum Gasteiger partial charge on any atom is -0.351 e. The number of carbonyl (C=O) groups is 1. The fraction of sp³-hybridized carbons (Fsp3) is 0.500. The number of carbonyl (C=O) groups excluding carboxylic acids is 1. The van der Waals surface area contributed by atoms with Crippen LogP contribution >= 0.6 is 11.3 Å². The van der Waals surface area contributed by atoms with E-state index < -0.39 is 0 Å². The van der Waals surface area contributed by atoms with Crippen LogP contribution in [0.3, 0.4) is 0 Å². The van der Waals surface area contributed by atoms with Gasteiger partial charge in [-0.2, -0.15) is 0 Å². The Hall–Kier alpha value is -0.830. The lowest BCUT2D eigenvalue weighted by Crippen LogP contribution is -2.26. The zero-order valence-corrected chi connectivity index (χ0v) is 9.07. The molecule has 1 aromatic heterocycles. The van der Waals surface area contributed by atoms with Crippen LogP contribution in [0.1, 0.15) is 24.3 Å². The van der Waals surface area contributed by atoms with Crippen molar-refractivity contribution in [3.63, 3.8) is 0 Å². The molecule has 1 aromatic rings. The van der Waals surface area contributed by atoms with Crippen molar-refractivity contribution in [2.24, 2.45) is 5.92 Å². The summed E-state index contributed by atoms with van der Waals surface area (Å²) in [4.78, 5) is 12.5. The van der Waals surface area contributed by atoms with Crippen molar-refractivity contribution in [2.45, 2.75) is 27.3 Å². The third-order valence-electron chi connectivity index (χ3n) is 1.92. The molecule has 3 heteroatoms. The van der Waals surface area contributed by atoms with Gasteiger partial charge in [-0.15, -0.1) is 11.3 Å². The summed E-state index contributed by atoms with van der Waals surface area (Å²) in [7, 11) is 0. The molecule has 72 valence electrons. The molecule has 13 heavy (non-hydrogen) atoms. The van der Waals surface area contributed by atoms with Gasteiger partial charge in [0.05, 0.1) is 6.54 Å². The second-order valence-corrected chi connectivity index (χ2v) is 4.40. The number of nitrogens with one attached hydrogen (secondary N) is 1. The first-order valence-corrected chi connectivity index (χ1v) is 5.30. The first kappa shape index (κ1) is 10.3. The maximum Gasteiger partial charge on any atom is 0.222 e. The van der Waals surface area contributed by atoms with Crippen LogP contribution in [0.4, 0.5) is 0 Å². The standard InChI is InChI=1S/C10H15NOS/c1-7(2)10(12)11-6-9-8(3)4-5-13-9/h4-5,7H,6H2,1-3H3,(H,11,12).